The molecular weight excluding hydrogens is 309 g/mol. The van der Waals surface area contributed by atoms with E-state index in [9.17, 15) is 23.1 Å². The van der Waals surface area contributed by atoms with E-state index in [1.807, 2.05) is 0 Å². The molecule has 0 radical (unpaired) electrons. The molecular formula is C13H10ClF3N2O2. The number of nitrogens with one attached hydrogen (secondary N) is 1. The van der Waals surface area contributed by atoms with Gasteiger partial charge in [0.05, 0.1) is 5.02 Å². The number of amides is 1. The molecule has 0 saturated carbocycles. The smallest absolute Gasteiger partial charge is 0.406 e. The standard InChI is InChI=1S/C13H10ClF3N2O2/c14-9-4-3-8(6-11(9)20)18-12(21)10-2-1-5-19(10)7-13(15,16)17/h1-6,20H,7H2,(H,18,21). The summed E-state index contributed by atoms with van der Waals surface area (Å²) < 4.78 is 38.0. The molecule has 4 nitrogen and oxygen atoms in total. The van der Waals surface area contributed by atoms with E-state index in [1.54, 1.807) is 0 Å². The van der Waals surface area contributed by atoms with Crippen molar-refractivity contribution in [1.82, 2.24) is 4.57 Å². The molecule has 0 aliphatic rings. The second kappa shape index (κ2) is 5.69. The number of hydrogen-bond donors (Lipinski definition) is 2. The number of halogens is 4. The number of hydrogen-bond acceptors (Lipinski definition) is 2. The number of phenols is 1. The molecule has 2 aromatic rings. The lowest BCUT2D eigenvalue weighted by Crippen LogP contribution is -2.23. The molecule has 112 valence electrons. The number of carbonyl (C=O) groups excluding carboxylic acids is 1. The maximum Gasteiger partial charge on any atom is 0.406 e. The average molecular weight is 319 g/mol. The van der Waals surface area contributed by atoms with Crippen molar-refractivity contribution in [3.05, 3.63) is 47.2 Å². The van der Waals surface area contributed by atoms with Gasteiger partial charge in [0.1, 0.15) is 18.0 Å². The molecule has 1 aromatic carbocycles. The highest BCUT2D eigenvalue weighted by molar-refractivity contribution is 6.32. The van der Waals surface area contributed by atoms with E-state index in [0.717, 1.165) is 4.57 Å². The zero-order chi connectivity index (χ0) is 15.6. The van der Waals surface area contributed by atoms with Gasteiger partial charge in [-0.1, -0.05) is 11.6 Å². The minimum absolute atomic E-state index is 0.105. The average Bonchev–Trinajstić information content (AvgIpc) is 2.79. The molecule has 1 heterocycles. The lowest BCUT2D eigenvalue weighted by Gasteiger charge is -2.12. The van der Waals surface area contributed by atoms with E-state index in [-0.39, 0.29) is 22.2 Å². The summed E-state index contributed by atoms with van der Waals surface area (Å²) in [6.45, 7) is -1.26. The van der Waals surface area contributed by atoms with E-state index in [4.69, 9.17) is 11.6 Å². The van der Waals surface area contributed by atoms with Gasteiger partial charge in [-0.3, -0.25) is 4.79 Å². The van der Waals surface area contributed by atoms with Crippen LogP contribution in [0.3, 0.4) is 0 Å². The predicted molar refractivity (Wildman–Crippen MR) is 71.6 cm³/mol. The van der Waals surface area contributed by atoms with Crippen LogP contribution in [0.4, 0.5) is 18.9 Å². The van der Waals surface area contributed by atoms with Gasteiger partial charge in [0.25, 0.3) is 5.91 Å². The van der Waals surface area contributed by atoms with Crippen molar-refractivity contribution in [3.8, 4) is 5.75 Å². The third-order valence-electron chi connectivity index (χ3n) is 2.62. The maximum absolute atomic E-state index is 12.4. The second-order valence-corrected chi connectivity index (χ2v) is 4.66. The Morgan fingerprint density at radius 1 is 1.33 bits per heavy atom. The van der Waals surface area contributed by atoms with E-state index in [2.05, 4.69) is 5.32 Å². The molecule has 2 rings (SSSR count). The highest BCUT2D eigenvalue weighted by Crippen LogP contribution is 2.26. The monoisotopic (exact) mass is 318 g/mol. The lowest BCUT2D eigenvalue weighted by molar-refractivity contribution is -0.140. The van der Waals surface area contributed by atoms with E-state index in [1.165, 1.54) is 36.5 Å². The van der Waals surface area contributed by atoms with Crippen molar-refractivity contribution >= 4 is 23.2 Å². The fourth-order valence-electron chi connectivity index (χ4n) is 1.74. The van der Waals surface area contributed by atoms with Gasteiger partial charge >= 0.3 is 6.18 Å². The largest absolute Gasteiger partial charge is 0.506 e. The van der Waals surface area contributed by atoms with E-state index in [0.29, 0.717) is 0 Å². The summed E-state index contributed by atoms with van der Waals surface area (Å²) in [7, 11) is 0. The predicted octanol–water partition coefficient (Wildman–Crippen LogP) is 3.66. The first-order chi connectivity index (χ1) is 9.76. The Balaban J connectivity index is 2.17. The van der Waals surface area contributed by atoms with Crippen LogP contribution in [0.5, 0.6) is 5.75 Å². The number of carbonyl (C=O) groups is 1. The molecule has 0 aliphatic carbocycles. The Labute approximate surface area is 122 Å². The first-order valence-corrected chi connectivity index (χ1v) is 6.16. The third-order valence-corrected chi connectivity index (χ3v) is 2.94. The van der Waals surface area contributed by atoms with Crippen molar-refractivity contribution in [2.75, 3.05) is 5.32 Å². The van der Waals surface area contributed by atoms with Gasteiger partial charge in [-0.25, -0.2) is 0 Å². The third kappa shape index (κ3) is 3.91. The number of rotatable bonds is 3. The Morgan fingerprint density at radius 2 is 2.05 bits per heavy atom. The molecule has 0 saturated heterocycles. The van der Waals surface area contributed by atoms with Gasteiger partial charge in [0.2, 0.25) is 0 Å². The Hall–Kier alpha value is -2.15. The molecule has 0 fully saturated rings. The number of phenolic OH excluding ortho intramolecular Hbond substituents is 1. The molecule has 0 unspecified atom stereocenters. The molecule has 2 N–H and O–H groups in total. The second-order valence-electron chi connectivity index (χ2n) is 4.26. The number of nitrogens with zero attached hydrogens (tertiary/aromatic N) is 1. The van der Waals surface area contributed by atoms with Gasteiger partial charge in [0.15, 0.2) is 0 Å². The summed E-state index contributed by atoms with van der Waals surface area (Å²) in [6.07, 6.45) is -3.26. The molecule has 0 aliphatic heterocycles. The molecule has 1 aromatic heterocycles. The van der Waals surface area contributed by atoms with Crippen LogP contribution in [0, 0.1) is 0 Å². The van der Waals surface area contributed by atoms with Crippen molar-refractivity contribution in [1.29, 1.82) is 0 Å². The summed E-state index contributed by atoms with van der Waals surface area (Å²) in [4.78, 5) is 12.0. The number of aromatic hydroxyl groups is 1. The number of alkyl halides is 3. The highest BCUT2D eigenvalue weighted by Gasteiger charge is 2.29. The summed E-state index contributed by atoms with van der Waals surface area (Å²) >= 11 is 5.62. The number of benzene rings is 1. The summed E-state index contributed by atoms with van der Waals surface area (Å²) in [5, 5.41) is 11.9. The van der Waals surface area contributed by atoms with Crippen molar-refractivity contribution in [3.63, 3.8) is 0 Å². The van der Waals surface area contributed by atoms with Crippen LogP contribution >= 0.6 is 11.6 Å². The van der Waals surface area contributed by atoms with Crippen molar-refractivity contribution < 1.29 is 23.1 Å². The SMILES string of the molecule is O=C(Nc1ccc(Cl)c(O)c1)c1cccn1CC(F)(F)F. The summed E-state index contributed by atoms with van der Waals surface area (Å²) in [5.41, 5.74) is 0.0865. The number of aromatic nitrogens is 1. The van der Waals surface area contributed by atoms with E-state index >= 15 is 0 Å². The van der Waals surface area contributed by atoms with Crippen LogP contribution in [-0.2, 0) is 6.54 Å². The van der Waals surface area contributed by atoms with Gasteiger partial charge in [-0.15, -0.1) is 0 Å². The Morgan fingerprint density at radius 3 is 2.67 bits per heavy atom. The normalized spacial score (nSPS) is 11.4. The molecule has 0 atom stereocenters. The fraction of sp³-hybridized carbons (Fsp3) is 0.154. The minimum atomic E-state index is -4.42. The van der Waals surface area contributed by atoms with Crippen LogP contribution in [0.15, 0.2) is 36.5 Å². The molecule has 21 heavy (non-hydrogen) atoms. The van der Waals surface area contributed by atoms with Crippen LogP contribution in [0.1, 0.15) is 10.5 Å². The summed E-state index contributed by atoms with van der Waals surface area (Å²) in [5.74, 6) is -0.953. The zero-order valence-corrected chi connectivity index (χ0v) is 11.2. The lowest BCUT2D eigenvalue weighted by atomic mass is 10.3. The molecule has 0 spiro atoms. The maximum atomic E-state index is 12.4. The minimum Gasteiger partial charge on any atom is -0.506 e. The summed E-state index contributed by atoms with van der Waals surface area (Å²) in [6, 6.07) is 6.62. The number of anilines is 1. The van der Waals surface area contributed by atoms with Gasteiger partial charge in [0, 0.05) is 18.0 Å². The topological polar surface area (TPSA) is 54.3 Å². The Kier molecular flexibility index (Phi) is 4.13. The van der Waals surface area contributed by atoms with Crippen LogP contribution in [0.2, 0.25) is 5.02 Å². The molecule has 8 heteroatoms. The van der Waals surface area contributed by atoms with Crippen molar-refractivity contribution in [2.45, 2.75) is 12.7 Å². The fourth-order valence-corrected chi connectivity index (χ4v) is 1.85. The van der Waals surface area contributed by atoms with Gasteiger partial charge in [-0.05, 0) is 24.3 Å². The van der Waals surface area contributed by atoms with Crippen molar-refractivity contribution in [2.24, 2.45) is 0 Å². The first-order valence-electron chi connectivity index (χ1n) is 5.78. The molecule has 0 bridgehead atoms. The van der Waals surface area contributed by atoms with Crippen LogP contribution in [-0.4, -0.2) is 21.8 Å². The Bertz CT molecular complexity index is 668. The van der Waals surface area contributed by atoms with Crippen LogP contribution < -0.4 is 5.32 Å². The zero-order valence-electron chi connectivity index (χ0n) is 10.5. The quantitative estimate of drug-likeness (QED) is 0.907. The molecule has 1 amide bonds. The highest BCUT2D eigenvalue weighted by atomic mass is 35.5. The van der Waals surface area contributed by atoms with Gasteiger partial charge in [-0.2, -0.15) is 13.2 Å². The first kappa shape index (κ1) is 15.2. The van der Waals surface area contributed by atoms with Gasteiger partial charge < -0.3 is 15.0 Å². The van der Waals surface area contributed by atoms with Crippen LogP contribution in [0.25, 0.3) is 0 Å². The van der Waals surface area contributed by atoms with E-state index < -0.39 is 18.6 Å².